The summed E-state index contributed by atoms with van der Waals surface area (Å²) >= 11 is 0. The zero-order valence-electron chi connectivity index (χ0n) is 15.3. The molecule has 0 amide bonds. The van der Waals surface area contributed by atoms with Crippen LogP contribution in [0.2, 0.25) is 0 Å². The first-order valence-electron chi connectivity index (χ1n) is 9.39. The number of nitrogens with one attached hydrogen (secondary N) is 1. The summed E-state index contributed by atoms with van der Waals surface area (Å²) in [5.74, 6) is 0. The normalized spacial score (nSPS) is 15.9. The molecule has 4 heteroatoms. The van der Waals surface area contributed by atoms with Gasteiger partial charge in [0.25, 0.3) is 0 Å². The minimum atomic E-state index is 0.526. The van der Waals surface area contributed by atoms with Gasteiger partial charge in [0.15, 0.2) is 0 Å². The maximum atomic E-state index is 4.59. The maximum Gasteiger partial charge on any atom is 0.0729 e. The molecule has 0 aliphatic carbocycles. The predicted molar refractivity (Wildman–Crippen MR) is 107 cm³/mol. The van der Waals surface area contributed by atoms with Crippen LogP contribution < -0.4 is 5.32 Å². The van der Waals surface area contributed by atoms with Crippen molar-refractivity contribution in [3.8, 4) is 11.1 Å². The molecule has 4 rings (SSSR count). The van der Waals surface area contributed by atoms with Crippen LogP contribution in [0.5, 0.6) is 0 Å². The zero-order chi connectivity index (χ0) is 17.8. The van der Waals surface area contributed by atoms with Crippen LogP contribution in [0.1, 0.15) is 24.4 Å². The second-order valence-electron chi connectivity index (χ2n) is 7.12. The Morgan fingerprint density at radius 2 is 1.73 bits per heavy atom. The Balaban J connectivity index is 1.44. The molecule has 1 saturated heterocycles. The highest BCUT2D eigenvalue weighted by Crippen LogP contribution is 2.25. The molecule has 3 aromatic rings. The lowest BCUT2D eigenvalue weighted by atomic mass is 10.00. The van der Waals surface area contributed by atoms with E-state index in [0.717, 1.165) is 25.3 Å². The molecule has 2 heterocycles. The van der Waals surface area contributed by atoms with Crippen molar-refractivity contribution < 1.29 is 0 Å². The molecule has 1 aromatic heterocycles. The molecule has 0 unspecified atom stereocenters. The van der Waals surface area contributed by atoms with Crippen molar-refractivity contribution in [1.82, 2.24) is 14.7 Å². The van der Waals surface area contributed by atoms with E-state index < -0.39 is 0 Å². The second kappa shape index (κ2) is 7.75. The van der Waals surface area contributed by atoms with Gasteiger partial charge in [-0.1, -0.05) is 54.6 Å². The first kappa shape index (κ1) is 16.9. The summed E-state index contributed by atoms with van der Waals surface area (Å²) in [6.45, 7) is 3.10. The van der Waals surface area contributed by atoms with E-state index in [1.165, 1.54) is 29.5 Å². The topological polar surface area (TPSA) is 33.1 Å². The van der Waals surface area contributed by atoms with Crippen LogP contribution in [-0.2, 0) is 6.54 Å². The molecule has 0 spiro atoms. The molecule has 26 heavy (non-hydrogen) atoms. The van der Waals surface area contributed by atoms with Crippen molar-refractivity contribution in [2.45, 2.75) is 25.4 Å². The summed E-state index contributed by atoms with van der Waals surface area (Å²) in [5.41, 5.74) is 4.92. The van der Waals surface area contributed by atoms with Gasteiger partial charge in [0.1, 0.15) is 0 Å². The average Bonchev–Trinajstić information content (AvgIpc) is 3.17. The Morgan fingerprint density at radius 3 is 2.54 bits per heavy atom. The van der Waals surface area contributed by atoms with Crippen molar-refractivity contribution in [2.75, 3.05) is 25.5 Å². The van der Waals surface area contributed by atoms with Crippen LogP contribution in [0.25, 0.3) is 11.1 Å². The molecule has 1 fully saturated rings. The van der Waals surface area contributed by atoms with Gasteiger partial charge in [0, 0.05) is 12.7 Å². The predicted octanol–water partition coefficient (Wildman–Crippen LogP) is 4.43. The summed E-state index contributed by atoms with van der Waals surface area (Å²) in [6, 6.07) is 19.7. The second-order valence-corrected chi connectivity index (χ2v) is 7.12. The number of rotatable bonds is 5. The van der Waals surface area contributed by atoms with E-state index in [1.54, 1.807) is 0 Å². The highest BCUT2D eigenvalue weighted by molar-refractivity contribution is 5.67. The first-order chi connectivity index (χ1) is 12.8. The molecule has 0 bridgehead atoms. The Bertz CT molecular complexity index is 832. The van der Waals surface area contributed by atoms with E-state index in [2.05, 4.69) is 87.8 Å². The van der Waals surface area contributed by atoms with Gasteiger partial charge in [-0.25, -0.2) is 0 Å². The zero-order valence-corrected chi connectivity index (χ0v) is 15.3. The summed E-state index contributed by atoms with van der Waals surface area (Å²) in [5, 5.41) is 8.14. The van der Waals surface area contributed by atoms with Crippen LogP contribution in [0, 0.1) is 0 Å². The Morgan fingerprint density at radius 1 is 1.00 bits per heavy atom. The van der Waals surface area contributed by atoms with Crippen molar-refractivity contribution in [3.05, 3.63) is 72.6 Å². The van der Waals surface area contributed by atoms with Gasteiger partial charge in [0.2, 0.25) is 0 Å². The molecule has 0 atom stereocenters. The van der Waals surface area contributed by atoms with E-state index >= 15 is 0 Å². The van der Waals surface area contributed by atoms with E-state index in [4.69, 9.17) is 0 Å². The van der Waals surface area contributed by atoms with E-state index in [-0.39, 0.29) is 0 Å². The van der Waals surface area contributed by atoms with Gasteiger partial charge in [0.05, 0.1) is 17.9 Å². The largest absolute Gasteiger partial charge is 0.378 e. The third kappa shape index (κ3) is 3.81. The molecule has 0 saturated carbocycles. The van der Waals surface area contributed by atoms with Crippen LogP contribution in [0.4, 0.5) is 5.69 Å². The van der Waals surface area contributed by atoms with Crippen LogP contribution >= 0.6 is 0 Å². The van der Waals surface area contributed by atoms with E-state index in [0.29, 0.717) is 6.04 Å². The fourth-order valence-electron chi connectivity index (χ4n) is 3.66. The highest BCUT2D eigenvalue weighted by atomic mass is 15.3. The van der Waals surface area contributed by atoms with Crippen LogP contribution in [0.15, 0.2) is 67.0 Å². The molecule has 2 aromatic carbocycles. The van der Waals surface area contributed by atoms with Crippen molar-refractivity contribution in [3.63, 3.8) is 0 Å². The SMILES string of the molecule is CN1CCC(n2cc(NCc3ccccc3-c3ccccc3)cn2)CC1. The number of benzene rings is 2. The van der Waals surface area contributed by atoms with Gasteiger partial charge in [-0.2, -0.15) is 5.10 Å². The number of hydrogen-bond acceptors (Lipinski definition) is 3. The van der Waals surface area contributed by atoms with Gasteiger partial charge in [-0.3, -0.25) is 4.68 Å². The summed E-state index contributed by atoms with van der Waals surface area (Å²) in [7, 11) is 2.19. The fourth-order valence-corrected chi connectivity index (χ4v) is 3.66. The van der Waals surface area contributed by atoms with Crippen molar-refractivity contribution in [2.24, 2.45) is 0 Å². The fraction of sp³-hybridized carbons (Fsp3) is 0.318. The van der Waals surface area contributed by atoms with Crippen molar-refractivity contribution >= 4 is 5.69 Å². The van der Waals surface area contributed by atoms with E-state index in [9.17, 15) is 0 Å². The van der Waals surface area contributed by atoms with E-state index in [1.807, 2.05) is 6.20 Å². The summed E-state index contributed by atoms with van der Waals surface area (Å²) in [6.07, 6.45) is 6.45. The number of hydrogen-bond donors (Lipinski definition) is 1. The molecular formula is C22H26N4. The third-order valence-electron chi connectivity index (χ3n) is 5.25. The molecule has 0 radical (unpaired) electrons. The average molecular weight is 346 g/mol. The van der Waals surface area contributed by atoms with Gasteiger partial charge < -0.3 is 10.2 Å². The number of anilines is 1. The maximum absolute atomic E-state index is 4.59. The molecular weight excluding hydrogens is 320 g/mol. The lowest BCUT2D eigenvalue weighted by Crippen LogP contribution is -2.31. The summed E-state index contributed by atoms with van der Waals surface area (Å²) < 4.78 is 2.14. The number of likely N-dealkylation sites (tertiary alicyclic amines) is 1. The molecule has 1 N–H and O–H groups in total. The minimum Gasteiger partial charge on any atom is -0.378 e. The van der Waals surface area contributed by atoms with Crippen LogP contribution in [-0.4, -0.2) is 34.8 Å². The molecule has 1 aliphatic rings. The minimum absolute atomic E-state index is 0.526. The van der Waals surface area contributed by atoms with Gasteiger partial charge in [-0.15, -0.1) is 0 Å². The lowest BCUT2D eigenvalue weighted by molar-refractivity contribution is 0.212. The number of nitrogens with zero attached hydrogens (tertiary/aromatic N) is 3. The molecule has 134 valence electrons. The number of aromatic nitrogens is 2. The quantitative estimate of drug-likeness (QED) is 0.742. The first-order valence-corrected chi connectivity index (χ1v) is 9.39. The van der Waals surface area contributed by atoms with Crippen LogP contribution in [0.3, 0.4) is 0 Å². The standard InChI is InChI=1S/C22H26N4/c1-25-13-11-21(12-14-25)26-17-20(16-24-26)23-15-19-9-5-6-10-22(19)18-7-3-2-4-8-18/h2-10,16-17,21,23H,11-15H2,1H3. The summed E-state index contributed by atoms with van der Waals surface area (Å²) in [4.78, 5) is 2.39. The lowest BCUT2D eigenvalue weighted by Gasteiger charge is -2.28. The molecule has 1 aliphatic heterocycles. The highest BCUT2D eigenvalue weighted by Gasteiger charge is 2.18. The smallest absolute Gasteiger partial charge is 0.0729 e. The van der Waals surface area contributed by atoms with Gasteiger partial charge >= 0.3 is 0 Å². The van der Waals surface area contributed by atoms with Crippen molar-refractivity contribution in [1.29, 1.82) is 0 Å². The van der Waals surface area contributed by atoms with Gasteiger partial charge in [-0.05, 0) is 49.7 Å². The third-order valence-corrected chi connectivity index (χ3v) is 5.25. The number of piperidine rings is 1. The Kier molecular flexibility index (Phi) is 5.02. The Hall–Kier alpha value is -2.59. The monoisotopic (exact) mass is 346 g/mol. The molecule has 4 nitrogen and oxygen atoms in total. The Labute approximate surface area is 155 Å².